The molecule has 1 rings (SSSR count). The molecule has 19 heavy (non-hydrogen) atoms. The molecule has 1 aliphatic heterocycles. The molecule has 0 saturated carbocycles. The first kappa shape index (κ1) is 16.9. The number of hydrogen-bond acceptors (Lipinski definition) is 3. The molecule has 0 aromatic heterocycles. The summed E-state index contributed by atoms with van der Waals surface area (Å²) in [7, 11) is 0. The van der Waals surface area contributed by atoms with Crippen LogP contribution in [0.3, 0.4) is 0 Å². The zero-order chi connectivity index (χ0) is 14.3. The lowest BCUT2D eigenvalue weighted by Crippen LogP contribution is -2.53. The monoisotopic (exact) mass is 270 g/mol. The van der Waals surface area contributed by atoms with Crippen LogP contribution < -0.4 is 5.32 Å². The minimum Gasteiger partial charge on any atom is -0.381 e. The standard InChI is InChI=1S/C16H34N2O/c1-6-17-16-8-10-18(15(5)14(16)4)9-7-11-19-12-13(2)3/h13-17H,6-12H2,1-5H3. The fourth-order valence-corrected chi connectivity index (χ4v) is 2.99. The summed E-state index contributed by atoms with van der Waals surface area (Å²) in [6, 6.07) is 1.39. The van der Waals surface area contributed by atoms with E-state index in [0.717, 1.165) is 32.1 Å². The Labute approximate surface area is 120 Å². The fourth-order valence-electron chi connectivity index (χ4n) is 2.99. The average molecular weight is 270 g/mol. The van der Waals surface area contributed by atoms with Crippen LogP contribution in [0.15, 0.2) is 0 Å². The van der Waals surface area contributed by atoms with E-state index in [0.29, 0.717) is 18.0 Å². The van der Waals surface area contributed by atoms with Crippen molar-refractivity contribution >= 4 is 0 Å². The van der Waals surface area contributed by atoms with Crippen LogP contribution in [-0.2, 0) is 4.74 Å². The van der Waals surface area contributed by atoms with Gasteiger partial charge in [-0.15, -0.1) is 0 Å². The summed E-state index contributed by atoms with van der Waals surface area (Å²) in [6.45, 7) is 16.7. The quantitative estimate of drug-likeness (QED) is 0.686. The van der Waals surface area contributed by atoms with Crippen molar-refractivity contribution in [2.24, 2.45) is 11.8 Å². The first-order chi connectivity index (χ1) is 9.06. The molecule has 3 unspecified atom stereocenters. The number of rotatable bonds is 8. The molecular formula is C16H34N2O. The molecule has 0 spiro atoms. The van der Waals surface area contributed by atoms with Gasteiger partial charge < -0.3 is 15.0 Å². The van der Waals surface area contributed by atoms with E-state index in [-0.39, 0.29) is 0 Å². The van der Waals surface area contributed by atoms with Gasteiger partial charge in [-0.3, -0.25) is 0 Å². The Morgan fingerprint density at radius 2 is 2.05 bits per heavy atom. The fraction of sp³-hybridized carbons (Fsp3) is 1.00. The summed E-state index contributed by atoms with van der Waals surface area (Å²) in [5.41, 5.74) is 0. The van der Waals surface area contributed by atoms with E-state index in [1.165, 1.54) is 19.5 Å². The minimum absolute atomic E-state index is 0.648. The van der Waals surface area contributed by atoms with Gasteiger partial charge >= 0.3 is 0 Å². The van der Waals surface area contributed by atoms with Crippen LogP contribution in [0.25, 0.3) is 0 Å². The van der Waals surface area contributed by atoms with Crippen LogP contribution in [0.4, 0.5) is 0 Å². The molecule has 1 heterocycles. The predicted octanol–water partition coefficient (Wildman–Crippen LogP) is 2.76. The van der Waals surface area contributed by atoms with Crippen molar-refractivity contribution in [3.63, 3.8) is 0 Å². The second-order valence-electron chi connectivity index (χ2n) is 6.41. The van der Waals surface area contributed by atoms with Gasteiger partial charge in [0.15, 0.2) is 0 Å². The number of likely N-dealkylation sites (tertiary alicyclic amines) is 1. The molecule has 0 aromatic rings. The summed E-state index contributed by atoms with van der Waals surface area (Å²) in [4.78, 5) is 2.64. The molecule has 3 atom stereocenters. The van der Waals surface area contributed by atoms with Gasteiger partial charge in [-0.2, -0.15) is 0 Å². The van der Waals surface area contributed by atoms with Gasteiger partial charge in [-0.25, -0.2) is 0 Å². The molecule has 3 heteroatoms. The molecule has 114 valence electrons. The van der Waals surface area contributed by atoms with Crippen molar-refractivity contribution in [2.45, 2.75) is 59.5 Å². The summed E-state index contributed by atoms with van der Waals surface area (Å²) in [5, 5.41) is 3.62. The first-order valence-corrected chi connectivity index (χ1v) is 8.11. The lowest BCUT2D eigenvalue weighted by molar-refractivity contribution is 0.0620. The van der Waals surface area contributed by atoms with E-state index in [1.807, 2.05) is 0 Å². The van der Waals surface area contributed by atoms with E-state index in [9.17, 15) is 0 Å². The Hall–Kier alpha value is -0.120. The molecular weight excluding hydrogens is 236 g/mol. The first-order valence-electron chi connectivity index (χ1n) is 8.11. The van der Waals surface area contributed by atoms with Crippen molar-refractivity contribution in [1.82, 2.24) is 10.2 Å². The van der Waals surface area contributed by atoms with Crippen molar-refractivity contribution < 1.29 is 4.74 Å². The highest BCUT2D eigenvalue weighted by Gasteiger charge is 2.31. The third kappa shape index (κ3) is 5.80. The molecule has 0 radical (unpaired) electrons. The number of nitrogens with zero attached hydrogens (tertiary/aromatic N) is 1. The SMILES string of the molecule is CCNC1CCN(CCCOCC(C)C)C(C)C1C. The van der Waals surface area contributed by atoms with Crippen LogP contribution in [-0.4, -0.2) is 49.8 Å². The third-order valence-electron chi connectivity index (χ3n) is 4.35. The number of ether oxygens (including phenoxy) is 1. The van der Waals surface area contributed by atoms with Gasteiger partial charge in [0.25, 0.3) is 0 Å². The highest BCUT2D eigenvalue weighted by atomic mass is 16.5. The largest absolute Gasteiger partial charge is 0.381 e. The van der Waals surface area contributed by atoms with Crippen LogP contribution in [0.2, 0.25) is 0 Å². The van der Waals surface area contributed by atoms with Crippen molar-refractivity contribution in [3.8, 4) is 0 Å². The van der Waals surface area contributed by atoms with Gasteiger partial charge in [0.2, 0.25) is 0 Å². The molecule has 1 saturated heterocycles. The second kappa shape index (κ2) is 8.93. The topological polar surface area (TPSA) is 24.5 Å². The predicted molar refractivity (Wildman–Crippen MR) is 82.6 cm³/mol. The Kier molecular flexibility index (Phi) is 7.96. The van der Waals surface area contributed by atoms with Crippen molar-refractivity contribution in [1.29, 1.82) is 0 Å². The summed E-state index contributed by atoms with van der Waals surface area (Å²) in [5.74, 6) is 1.39. The molecule has 3 nitrogen and oxygen atoms in total. The maximum Gasteiger partial charge on any atom is 0.0489 e. The molecule has 0 aromatic carbocycles. The number of nitrogens with one attached hydrogen (secondary N) is 1. The van der Waals surface area contributed by atoms with Crippen molar-refractivity contribution in [3.05, 3.63) is 0 Å². The highest BCUT2D eigenvalue weighted by Crippen LogP contribution is 2.23. The van der Waals surface area contributed by atoms with E-state index in [2.05, 4.69) is 44.8 Å². The maximum atomic E-state index is 5.67. The molecule has 1 aliphatic rings. The average Bonchev–Trinajstić information content (AvgIpc) is 2.37. The highest BCUT2D eigenvalue weighted by molar-refractivity contribution is 4.88. The normalized spacial score (nSPS) is 29.1. The van der Waals surface area contributed by atoms with Crippen molar-refractivity contribution in [2.75, 3.05) is 32.8 Å². The smallest absolute Gasteiger partial charge is 0.0489 e. The van der Waals surface area contributed by atoms with Gasteiger partial charge in [0.1, 0.15) is 0 Å². The third-order valence-corrected chi connectivity index (χ3v) is 4.35. The Morgan fingerprint density at radius 1 is 1.32 bits per heavy atom. The van der Waals surface area contributed by atoms with Crippen LogP contribution in [0, 0.1) is 11.8 Å². The second-order valence-corrected chi connectivity index (χ2v) is 6.41. The Bertz CT molecular complexity index is 233. The van der Waals surface area contributed by atoms with Crippen LogP contribution in [0.5, 0.6) is 0 Å². The molecule has 0 bridgehead atoms. The van der Waals surface area contributed by atoms with Gasteiger partial charge in [-0.05, 0) is 44.7 Å². The zero-order valence-electron chi connectivity index (χ0n) is 13.6. The van der Waals surface area contributed by atoms with Crippen LogP contribution >= 0.6 is 0 Å². The summed E-state index contributed by atoms with van der Waals surface area (Å²) in [6.07, 6.45) is 2.45. The molecule has 0 amide bonds. The zero-order valence-corrected chi connectivity index (χ0v) is 13.6. The van der Waals surface area contributed by atoms with Crippen LogP contribution in [0.1, 0.15) is 47.5 Å². The number of hydrogen-bond donors (Lipinski definition) is 1. The molecule has 1 N–H and O–H groups in total. The van der Waals surface area contributed by atoms with Gasteiger partial charge in [-0.1, -0.05) is 27.7 Å². The lowest BCUT2D eigenvalue weighted by atomic mass is 9.87. The summed E-state index contributed by atoms with van der Waals surface area (Å²) >= 11 is 0. The van der Waals surface area contributed by atoms with E-state index in [1.54, 1.807) is 0 Å². The van der Waals surface area contributed by atoms with E-state index < -0.39 is 0 Å². The molecule has 0 aliphatic carbocycles. The maximum absolute atomic E-state index is 5.67. The van der Waals surface area contributed by atoms with Gasteiger partial charge in [0.05, 0.1) is 0 Å². The Balaban J connectivity index is 2.21. The molecule has 1 fully saturated rings. The Morgan fingerprint density at radius 3 is 2.68 bits per heavy atom. The van der Waals surface area contributed by atoms with Gasteiger partial charge in [0, 0.05) is 31.8 Å². The number of piperidine rings is 1. The van der Waals surface area contributed by atoms with E-state index >= 15 is 0 Å². The van der Waals surface area contributed by atoms with E-state index in [4.69, 9.17) is 4.74 Å². The minimum atomic E-state index is 0.648. The lowest BCUT2D eigenvalue weighted by Gasteiger charge is -2.43. The summed E-state index contributed by atoms with van der Waals surface area (Å²) < 4.78 is 5.67.